The molecule has 2 rings (SSSR count). The summed E-state index contributed by atoms with van der Waals surface area (Å²) in [7, 11) is 1.52. The molecule has 0 spiro atoms. The zero-order valence-corrected chi connectivity index (χ0v) is 13.0. The summed E-state index contributed by atoms with van der Waals surface area (Å²) in [6, 6.07) is 0. The number of ether oxygens (including phenoxy) is 1. The van der Waals surface area contributed by atoms with Crippen molar-refractivity contribution >= 4 is 5.91 Å². The molecule has 0 aromatic carbocycles. The summed E-state index contributed by atoms with van der Waals surface area (Å²) < 4.78 is 6.80. The maximum atomic E-state index is 12.3. The fourth-order valence-electron chi connectivity index (χ4n) is 2.41. The Morgan fingerprint density at radius 3 is 2.86 bits per heavy atom. The largest absolute Gasteiger partial charge is 0.389 e. The van der Waals surface area contributed by atoms with Crippen LogP contribution in [0.1, 0.15) is 48.7 Å². The molecule has 0 saturated heterocycles. The molecule has 1 fully saturated rings. The van der Waals surface area contributed by atoms with E-state index in [4.69, 9.17) is 4.74 Å². The first-order chi connectivity index (χ1) is 10.0. The van der Waals surface area contributed by atoms with Gasteiger partial charge in [-0.1, -0.05) is 13.8 Å². The topological polar surface area (TPSA) is 76.4 Å². The number of nitrogens with zero attached hydrogens (tertiary/aromatic N) is 2. The lowest BCUT2D eigenvalue weighted by Gasteiger charge is -2.12. The molecule has 1 aromatic rings. The van der Waals surface area contributed by atoms with Gasteiger partial charge in [-0.2, -0.15) is 5.10 Å². The second kappa shape index (κ2) is 7.04. The molecule has 1 unspecified atom stereocenters. The average molecular weight is 295 g/mol. The zero-order chi connectivity index (χ0) is 15.4. The smallest absolute Gasteiger partial charge is 0.254 e. The van der Waals surface area contributed by atoms with Gasteiger partial charge < -0.3 is 15.2 Å². The van der Waals surface area contributed by atoms with Crippen LogP contribution >= 0.6 is 0 Å². The minimum absolute atomic E-state index is 0.165. The minimum atomic E-state index is -0.686. The maximum absolute atomic E-state index is 12.3. The number of carbonyl (C=O) groups is 1. The van der Waals surface area contributed by atoms with Gasteiger partial charge in [0.25, 0.3) is 5.91 Å². The molecule has 1 aliphatic rings. The van der Waals surface area contributed by atoms with Gasteiger partial charge in [-0.3, -0.25) is 9.48 Å². The third-order valence-corrected chi connectivity index (χ3v) is 3.48. The molecule has 1 saturated carbocycles. The van der Waals surface area contributed by atoms with Crippen LogP contribution in [0.3, 0.4) is 0 Å². The van der Waals surface area contributed by atoms with Gasteiger partial charge in [0.1, 0.15) is 0 Å². The Balaban J connectivity index is 2.04. The Bertz CT molecular complexity index is 481. The summed E-state index contributed by atoms with van der Waals surface area (Å²) >= 11 is 0. The fourth-order valence-corrected chi connectivity index (χ4v) is 2.41. The highest BCUT2D eigenvalue weighted by Crippen LogP contribution is 2.41. The summed E-state index contributed by atoms with van der Waals surface area (Å²) in [4.78, 5) is 12.3. The summed E-state index contributed by atoms with van der Waals surface area (Å²) in [6.07, 6.45) is 3.20. The molecular formula is C15H25N3O3. The molecule has 6 heteroatoms. The second-order valence-electron chi connectivity index (χ2n) is 6.11. The normalized spacial score (nSPS) is 16.2. The predicted octanol–water partition coefficient (Wildman–Crippen LogP) is 1.15. The van der Waals surface area contributed by atoms with Gasteiger partial charge in [-0.25, -0.2) is 0 Å². The lowest BCUT2D eigenvalue weighted by atomic mass is 10.1. The van der Waals surface area contributed by atoms with E-state index >= 15 is 0 Å². The van der Waals surface area contributed by atoms with E-state index in [9.17, 15) is 9.90 Å². The Hall–Kier alpha value is -1.40. The summed E-state index contributed by atoms with van der Waals surface area (Å²) in [6.45, 7) is 5.50. The SMILES string of the molecule is COCC(O)CNC(=O)c1cnn(CC(C)C)c1C1CC1. The Labute approximate surface area is 125 Å². The number of carbonyl (C=O) groups excluding carboxylic acids is 1. The van der Waals surface area contributed by atoms with Crippen molar-refractivity contribution in [2.45, 2.75) is 45.3 Å². The predicted molar refractivity (Wildman–Crippen MR) is 79.3 cm³/mol. The van der Waals surface area contributed by atoms with Crippen molar-refractivity contribution in [3.05, 3.63) is 17.5 Å². The zero-order valence-electron chi connectivity index (χ0n) is 13.0. The lowest BCUT2D eigenvalue weighted by molar-refractivity contribution is 0.0609. The van der Waals surface area contributed by atoms with E-state index in [-0.39, 0.29) is 19.1 Å². The van der Waals surface area contributed by atoms with E-state index in [1.165, 1.54) is 7.11 Å². The third kappa shape index (κ3) is 4.28. The number of hydrogen-bond acceptors (Lipinski definition) is 4. The number of methoxy groups -OCH3 is 1. The van der Waals surface area contributed by atoms with Crippen molar-refractivity contribution in [2.24, 2.45) is 5.92 Å². The highest BCUT2D eigenvalue weighted by molar-refractivity contribution is 5.95. The second-order valence-corrected chi connectivity index (χ2v) is 6.11. The van der Waals surface area contributed by atoms with Crippen LogP contribution in [-0.4, -0.2) is 47.2 Å². The first kappa shape index (κ1) is 16.0. The van der Waals surface area contributed by atoms with Crippen molar-refractivity contribution in [1.82, 2.24) is 15.1 Å². The van der Waals surface area contributed by atoms with Gasteiger partial charge in [-0.05, 0) is 18.8 Å². The molecule has 1 aliphatic carbocycles. The fraction of sp³-hybridized carbons (Fsp3) is 0.733. The number of rotatable bonds is 8. The molecule has 118 valence electrons. The summed E-state index contributed by atoms with van der Waals surface area (Å²) in [5, 5.41) is 16.7. The quantitative estimate of drug-likeness (QED) is 0.754. The van der Waals surface area contributed by atoms with Crippen LogP contribution in [0.15, 0.2) is 6.20 Å². The van der Waals surface area contributed by atoms with E-state index in [0.717, 1.165) is 25.1 Å². The molecule has 1 amide bonds. The van der Waals surface area contributed by atoms with Crippen LogP contribution in [0.5, 0.6) is 0 Å². The molecular weight excluding hydrogens is 270 g/mol. The highest BCUT2D eigenvalue weighted by atomic mass is 16.5. The van der Waals surface area contributed by atoms with E-state index in [1.54, 1.807) is 6.20 Å². The molecule has 6 nitrogen and oxygen atoms in total. The van der Waals surface area contributed by atoms with Crippen LogP contribution in [-0.2, 0) is 11.3 Å². The Kier molecular flexibility index (Phi) is 5.36. The van der Waals surface area contributed by atoms with Crippen LogP contribution in [0.2, 0.25) is 0 Å². The molecule has 2 N–H and O–H groups in total. The summed E-state index contributed by atoms with van der Waals surface area (Å²) in [5.74, 6) is 0.778. The Morgan fingerprint density at radius 2 is 2.29 bits per heavy atom. The van der Waals surface area contributed by atoms with Gasteiger partial charge in [0.05, 0.1) is 30.2 Å². The first-order valence-electron chi connectivity index (χ1n) is 7.53. The third-order valence-electron chi connectivity index (χ3n) is 3.48. The molecule has 21 heavy (non-hydrogen) atoms. The van der Waals surface area contributed by atoms with E-state index < -0.39 is 6.10 Å². The molecule has 0 radical (unpaired) electrons. The number of hydrogen-bond donors (Lipinski definition) is 2. The summed E-state index contributed by atoms with van der Waals surface area (Å²) in [5.41, 5.74) is 1.69. The van der Waals surface area contributed by atoms with E-state index in [2.05, 4.69) is 24.3 Å². The van der Waals surface area contributed by atoms with Gasteiger partial charge in [0, 0.05) is 26.1 Å². The molecule has 1 atom stereocenters. The number of aliphatic hydroxyl groups is 1. The van der Waals surface area contributed by atoms with Crippen LogP contribution < -0.4 is 5.32 Å². The standard InChI is InChI=1S/C15H25N3O3/c1-10(2)8-18-14(11-4-5-11)13(7-17-18)15(20)16-6-12(19)9-21-3/h7,10-12,19H,4-6,8-9H2,1-3H3,(H,16,20). The first-order valence-corrected chi connectivity index (χ1v) is 7.53. The molecule has 0 aliphatic heterocycles. The van der Waals surface area contributed by atoms with Crippen LogP contribution in [0.4, 0.5) is 0 Å². The van der Waals surface area contributed by atoms with Crippen molar-refractivity contribution in [1.29, 1.82) is 0 Å². The van der Waals surface area contributed by atoms with Gasteiger partial charge in [-0.15, -0.1) is 0 Å². The minimum Gasteiger partial charge on any atom is -0.389 e. The number of nitrogens with one attached hydrogen (secondary N) is 1. The van der Waals surface area contributed by atoms with Crippen LogP contribution in [0.25, 0.3) is 0 Å². The van der Waals surface area contributed by atoms with E-state index in [1.807, 2.05) is 4.68 Å². The molecule has 1 aromatic heterocycles. The maximum Gasteiger partial charge on any atom is 0.254 e. The van der Waals surface area contributed by atoms with Gasteiger partial charge in [0.2, 0.25) is 0 Å². The van der Waals surface area contributed by atoms with Crippen molar-refractivity contribution in [3.63, 3.8) is 0 Å². The number of aromatic nitrogens is 2. The van der Waals surface area contributed by atoms with Gasteiger partial charge >= 0.3 is 0 Å². The van der Waals surface area contributed by atoms with E-state index in [0.29, 0.717) is 17.4 Å². The van der Waals surface area contributed by atoms with Crippen molar-refractivity contribution in [2.75, 3.05) is 20.3 Å². The van der Waals surface area contributed by atoms with Crippen LogP contribution in [0, 0.1) is 5.92 Å². The number of amides is 1. The number of aliphatic hydroxyl groups excluding tert-OH is 1. The highest BCUT2D eigenvalue weighted by Gasteiger charge is 2.32. The monoisotopic (exact) mass is 295 g/mol. The Morgan fingerprint density at radius 1 is 1.57 bits per heavy atom. The molecule has 0 bridgehead atoms. The van der Waals surface area contributed by atoms with Crippen molar-refractivity contribution < 1.29 is 14.6 Å². The van der Waals surface area contributed by atoms with Crippen molar-refractivity contribution in [3.8, 4) is 0 Å². The lowest BCUT2D eigenvalue weighted by Crippen LogP contribution is -2.34. The van der Waals surface area contributed by atoms with Gasteiger partial charge in [0.15, 0.2) is 0 Å². The molecule has 1 heterocycles. The average Bonchev–Trinajstić information content (AvgIpc) is 3.17.